The van der Waals surface area contributed by atoms with Crippen molar-refractivity contribution in [3.8, 4) is 0 Å². The van der Waals surface area contributed by atoms with Gasteiger partial charge in [-0.3, -0.25) is 0 Å². The third kappa shape index (κ3) is 6.66. The maximum Gasteiger partial charge on any atom is 0.225 e. The highest BCUT2D eigenvalue weighted by atomic mass is 32.2. The maximum atomic E-state index is 6.88. The lowest BCUT2D eigenvalue weighted by Crippen LogP contribution is -2.46. The lowest BCUT2D eigenvalue weighted by Gasteiger charge is -2.44. The fourth-order valence-corrected chi connectivity index (χ4v) is 9.28. The number of rotatable bonds is 8. The van der Waals surface area contributed by atoms with Crippen LogP contribution < -0.4 is 0 Å². The SMILES string of the molecule is CC1=CC[C@]2(COC(=S)Sc3ccccc3)[C@H](C1)[C@@H]1[C@@H](CC[C@@H]1OCc1ccccc1)[C@@H]2OC(=S)Sc1ccccc1. The molecule has 0 amide bonds. The Labute approximate surface area is 268 Å². The van der Waals surface area contributed by atoms with Gasteiger partial charge in [0.1, 0.15) is 6.10 Å². The van der Waals surface area contributed by atoms with Crippen LogP contribution in [0.3, 0.4) is 0 Å². The Morgan fingerprint density at radius 2 is 1.45 bits per heavy atom. The molecule has 218 valence electrons. The highest BCUT2D eigenvalue weighted by molar-refractivity contribution is 8.23. The third-order valence-electron chi connectivity index (χ3n) is 9.12. The van der Waals surface area contributed by atoms with E-state index in [2.05, 4.69) is 67.6 Å². The molecule has 0 unspecified atom stereocenters. The molecule has 0 aromatic heterocycles. The molecular formula is C35H36O3S4. The minimum absolute atomic E-state index is 0.0598. The first-order chi connectivity index (χ1) is 20.5. The monoisotopic (exact) mass is 632 g/mol. The molecule has 0 heterocycles. The highest BCUT2D eigenvalue weighted by Crippen LogP contribution is 2.63. The van der Waals surface area contributed by atoms with Gasteiger partial charge in [0.15, 0.2) is 0 Å². The molecule has 3 aromatic carbocycles. The molecule has 6 atom stereocenters. The molecule has 0 aliphatic heterocycles. The van der Waals surface area contributed by atoms with Gasteiger partial charge in [0.05, 0.1) is 19.3 Å². The number of hydrogen-bond acceptors (Lipinski definition) is 7. The van der Waals surface area contributed by atoms with Crippen LogP contribution in [0.5, 0.6) is 0 Å². The topological polar surface area (TPSA) is 27.7 Å². The molecular weight excluding hydrogens is 597 g/mol. The van der Waals surface area contributed by atoms with Crippen molar-refractivity contribution in [1.29, 1.82) is 0 Å². The zero-order valence-corrected chi connectivity index (χ0v) is 27.0. The summed E-state index contributed by atoms with van der Waals surface area (Å²) in [6, 6.07) is 30.9. The lowest BCUT2D eigenvalue weighted by atomic mass is 9.65. The summed E-state index contributed by atoms with van der Waals surface area (Å²) in [4.78, 5) is 2.18. The average Bonchev–Trinajstić information content (AvgIpc) is 3.53. The van der Waals surface area contributed by atoms with Crippen LogP contribution in [-0.2, 0) is 20.8 Å². The van der Waals surface area contributed by atoms with Crippen LogP contribution in [0, 0.1) is 23.2 Å². The van der Waals surface area contributed by atoms with Gasteiger partial charge in [-0.05, 0) is 122 Å². The molecule has 7 heteroatoms. The Hall–Kier alpha value is -2.16. The fourth-order valence-electron chi connectivity index (χ4n) is 7.29. The van der Waals surface area contributed by atoms with E-state index in [4.69, 9.17) is 38.6 Å². The first-order valence-corrected chi connectivity index (χ1v) is 17.1. The van der Waals surface area contributed by atoms with E-state index in [-0.39, 0.29) is 17.6 Å². The van der Waals surface area contributed by atoms with Crippen molar-refractivity contribution >= 4 is 56.7 Å². The van der Waals surface area contributed by atoms with Crippen LogP contribution in [-0.4, -0.2) is 27.6 Å². The summed E-state index contributed by atoms with van der Waals surface area (Å²) in [5.41, 5.74) is 2.42. The predicted octanol–water partition coefficient (Wildman–Crippen LogP) is 9.51. The molecule has 6 rings (SSSR count). The van der Waals surface area contributed by atoms with E-state index in [1.165, 1.54) is 34.7 Å². The van der Waals surface area contributed by atoms with E-state index in [0.717, 1.165) is 35.5 Å². The van der Waals surface area contributed by atoms with Crippen molar-refractivity contribution in [3.05, 3.63) is 108 Å². The summed E-state index contributed by atoms with van der Waals surface area (Å²) < 4.78 is 21.2. The normalized spacial score (nSPS) is 27.9. The summed E-state index contributed by atoms with van der Waals surface area (Å²) in [7, 11) is 0. The minimum atomic E-state index is -0.230. The van der Waals surface area contributed by atoms with E-state index < -0.39 is 0 Å². The van der Waals surface area contributed by atoms with Crippen molar-refractivity contribution in [3.63, 3.8) is 0 Å². The van der Waals surface area contributed by atoms with Crippen LogP contribution in [0.1, 0.15) is 38.2 Å². The Kier molecular flexibility index (Phi) is 9.71. The molecule has 2 saturated carbocycles. The fraction of sp³-hybridized carbons (Fsp3) is 0.371. The van der Waals surface area contributed by atoms with Crippen molar-refractivity contribution in [2.24, 2.45) is 23.2 Å². The van der Waals surface area contributed by atoms with Crippen LogP contribution in [0.2, 0.25) is 0 Å². The number of benzene rings is 3. The molecule has 3 aromatic rings. The van der Waals surface area contributed by atoms with Crippen molar-refractivity contribution < 1.29 is 14.2 Å². The van der Waals surface area contributed by atoms with Gasteiger partial charge in [-0.2, -0.15) is 0 Å². The van der Waals surface area contributed by atoms with E-state index in [1.54, 1.807) is 0 Å². The number of allylic oxidation sites excluding steroid dienone is 2. The molecule has 0 N–H and O–H groups in total. The van der Waals surface area contributed by atoms with Gasteiger partial charge in [0.25, 0.3) is 0 Å². The van der Waals surface area contributed by atoms with Gasteiger partial charge in [-0.1, -0.05) is 78.4 Å². The zero-order valence-electron chi connectivity index (χ0n) is 23.7. The van der Waals surface area contributed by atoms with Gasteiger partial charge >= 0.3 is 0 Å². The number of thiocarbonyl (C=S) groups is 2. The zero-order chi connectivity index (χ0) is 28.9. The van der Waals surface area contributed by atoms with E-state index >= 15 is 0 Å². The van der Waals surface area contributed by atoms with Crippen molar-refractivity contribution in [2.75, 3.05) is 6.61 Å². The first-order valence-electron chi connectivity index (χ1n) is 14.7. The molecule has 2 fully saturated rings. The van der Waals surface area contributed by atoms with Crippen LogP contribution in [0.15, 0.2) is 112 Å². The molecule has 0 radical (unpaired) electrons. The number of hydrogen-bond donors (Lipinski definition) is 0. The molecule has 0 saturated heterocycles. The number of thioether (sulfide) groups is 2. The first kappa shape index (κ1) is 29.9. The summed E-state index contributed by atoms with van der Waals surface area (Å²) in [6.07, 6.45) is 6.53. The molecule has 0 spiro atoms. The highest BCUT2D eigenvalue weighted by Gasteiger charge is 2.66. The van der Waals surface area contributed by atoms with Crippen LogP contribution >= 0.6 is 48.0 Å². The van der Waals surface area contributed by atoms with E-state index in [0.29, 0.717) is 39.7 Å². The second-order valence-corrected chi connectivity index (χ2v) is 15.0. The number of fused-ring (bicyclic) bond motifs is 3. The van der Waals surface area contributed by atoms with Gasteiger partial charge in [0.2, 0.25) is 8.77 Å². The van der Waals surface area contributed by atoms with Crippen LogP contribution in [0.25, 0.3) is 0 Å². The second kappa shape index (κ2) is 13.6. The number of ether oxygens (including phenoxy) is 3. The molecule has 3 aliphatic rings. The Morgan fingerprint density at radius 1 is 0.833 bits per heavy atom. The standard InChI is InChI=1S/C35H36O3S4/c1-24-19-20-35(23-37-33(39)41-26-13-7-3-8-14-26)29(21-24)31-28(17-18-30(31)36-22-25-11-5-2-6-12-25)32(35)38-34(40)42-27-15-9-4-10-16-27/h2-16,19,28-32H,17-18,20-23H2,1H3/t28-,29-,30+,31+,32+,35+/m1/s1. The largest absolute Gasteiger partial charge is 0.478 e. The molecule has 42 heavy (non-hydrogen) atoms. The third-order valence-corrected chi connectivity index (χ3v) is 11.4. The smallest absolute Gasteiger partial charge is 0.225 e. The van der Waals surface area contributed by atoms with Crippen LogP contribution in [0.4, 0.5) is 0 Å². The van der Waals surface area contributed by atoms with E-state index in [1.807, 2.05) is 36.4 Å². The van der Waals surface area contributed by atoms with Gasteiger partial charge in [0, 0.05) is 21.1 Å². The van der Waals surface area contributed by atoms with Gasteiger partial charge in [-0.15, -0.1) is 0 Å². The van der Waals surface area contributed by atoms with Gasteiger partial charge in [-0.25, -0.2) is 0 Å². The molecule has 3 nitrogen and oxygen atoms in total. The molecule has 0 bridgehead atoms. The van der Waals surface area contributed by atoms with E-state index in [9.17, 15) is 0 Å². The average molecular weight is 633 g/mol. The molecule has 3 aliphatic carbocycles. The lowest BCUT2D eigenvalue weighted by molar-refractivity contribution is -0.0396. The second-order valence-electron chi connectivity index (χ2n) is 11.6. The minimum Gasteiger partial charge on any atom is -0.478 e. The Bertz CT molecular complexity index is 1400. The quantitative estimate of drug-likeness (QED) is 0.139. The van der Waals surface area contributed by atoms with Crippen molar-refractivity contribution in [2.45, 2.75) is 61.2 Å². The summed E-state index contributed by atoms with van der Waals surface area (Å²) in [6.45, 7) is 3.40. The Balaban J connectivity index is 1.26. The summed E-state index contributed by atoms with van der Waals surface area (Å²) in [5.74, 6) is 1.10. The van der Waals surface area contributed by atoms with Crippen molar-refractivity contribution in [1.82, 2.24) is 0 Å². The summed E-state index contributed by atoms with van der Waals surface area (Å²) >= 11 is 14.7. The predicted molar refractivity (Wildman–Crippen MR) is 181 cm³/mol. The van der Waals surface area contributed by atoms with Gasteiger partial charge < -0.3 is 14.2 Å². The summed E-state index contributed by atoms with van der Waals surface area (Å²) in [5, 5.41) is 0. The Morgan fingerprint density at radius 3 is 2.12 bits per heavy atom. The maximum absolute atomic E-state index is 6.88.